The van der Waals surface area contributed by atoms with Crippen molar-refractivity contribution in [3.05, 3.63) is 138 Å². The second kappa shape index (κ2) is 18.2. The van der Waals surface area contributed by atoms with E-state index in [1.807, 2.05) is 91.8 Å². The highest BCUT2D eigenvalue weighted by molar-refractivity contribution is 6.45. The van der Waals surface area contributed by atoms with E-state index >= 15 is 0 Å². The molecule has 0 unspecified atom stereocenters. The molecule has 2 aliphatic rings. The maximum atomic E-state index is 9.59. The van der Waals surface area contributed by atoms with Gasteiger partial charge in [0, 0.05) is 37.6 Å². The van der Waals surface area contributed by atoms with Crippen molar-refractivity contribution in [3.8, 4) is 33.8 Å². The topological polar surface area (TPSA) is 106 Å². The van der Waals surface area contributed by atoms with Gasteiger partial charge in [0.25, 0.3) is 0 Å². The van der Waals surface area contributed by atoms with E-state index in [1.54, 1.807) is 12.4 Å². The van der Waals surface area contributed by atoms with Gasteiger partial charge in [0.1, 0.15) is 23.7 Å². The number of rotatable bonds is 9. The van der Waals surface area contributed by atoms with Gasteiger partial charge in [-0.25, -0.2) is 19.7 Å². The molecule has 11 heteroatoms. The first-order valence-electron chi connectivity index (χ1n) is 18.1. The molecule has 268 valence electrons. The van der Waals surface area contributed by atoms with Gasteiger partial charge in [-0.3, -0.25) is 4.90 Å². The highest BCUT2D eigenvalue weighted by Crippen LogP contribution is 2.28. The van der Waals surface area contributed by atoms with Crippen LogP contribution in [0.2, 0.25) is 6.82 Å². The molecule has 0 atom stereocenters. The summed E-state index contributed by atoms with van der Waals surface area (Å²) in [6.07, 6.45) is 7.89. The van der Waals surface area contributed by atoms with Crippen LogP contribution in [0.3, 0.4) is 0 Å². The lowest BCUT2D eigenvalue weighted by Crippen LogP contribution is -2.45. The lowest BCUT2D eigenvalue weighted by atomic mass is 9.82. The van der Waals surface area contributed by atoms with Gasteiger partial charge in [-0.05, 0) is 92.1 Å². The molecule has 1 aromatic heterocycles. The Morgan fingerprint density at radius 1 is 0.660 bits per heavy atom. The fourth-order valence-corrected chi connectivity index (χ4v) is 6.55. The first kappa shape index (κ1) is 37.1. The van der Waals surface area contributed by atoms with E-state index < -0.39 is 0 Å². The summed E-state index contributed by atoms with van der Waals surface area (Å²) in [4.78, 5) is 19.4. The number of nitrogens with zero attached hydrogens (tertiary/aromatic N) is 6. The van der Waals surface area contributed by atoms with Crippen LogP contribution >= 0.6 is 0 Å². The third-order valence-corrected chi connectivity index (χ3v) is 9.64. The summed E-state index contributed by atoms with van der Waals surface area (Å²) in [5.41, 5.74) is 12.4. The first-order valence-corrected chi connectivity index (χ1v) is 18.1. The van der Waals surface area contributed by atoms with Gasteiger partial charge < -0.3 is 25.0 Å². The molecule has 3 heterocycles. The van der Waals surface area contributed by atoms with Crippen molar-refractivity contribution >= 4 is 24.4 Å². The van der Waals surface area contributed by atoms with Crippen LogP contribution in [0.25, 0.3) is 31.9 Å². The van der Waals surface area contributed by atoms with Crippen LogP contribution in [0.1, 0.15) is 31.2 Å². The number of piperidine rings is 2. The second-order valence-electron chi connectivity index (χ2n) is 13.4. The number of hydrogen-bond acceptors (Lipinski definition) is 8. The lowest BCUT2D eigenvalue weighted by Gasteiger charge is -2.32. The molecule has 2 aliphatic heterocycles. The Labute approximate surface area is 312 Å². The van der Waals surface area contributed by atoms with Gasteiger partial charge in [0.2, 0.25) is 5.95 Å². The summed E-state index contributed by atoms with van der Waals surface area (Å²) in [6, 6.07) is 31.5. The Hall–Kier alpha value is -5.72. The summed E-state index contributed by atoms with van der Waals surface area (Å²) in [5.74, 6) is 2.09. The predicted octanol–water partition coefficient (Wildman–Crippen LogP) is 8.18. The average Bonchev–Trinajstić information content (AvgIpc) is 3.21. The number of nitrogens with two attached hydrogens (primary N) is 1. The second-order valence-corrected chi connectivity index (χ2v) is 13.4. The molecule has 4 aromatic carbocycles. The van der Waals surface area contributed by atoms with Crippen LogP contribution in [0.4, 0.5) is 17.3 Å². The molecule has 10 nitrogen and oxygen atoms in total. The fraction of sp³-hybridized carbons (Fsp3) is 0.286. The quantitative estimate of drug-likeness (QED) is 0.117. The largest absolute Gasteiger partial charge is 0.490 e. The SMILES string of the molecule is [C-]#[N+]c1ccc(-c2ccc(OC3CCN(B(C)O)CC3)cc2)cc1.[C-]#[N+]c1ccc(-c2ccc(OC3CCN(Cc4cnc(N)nc4)CC3)cc2)cc1. The minimum absolute atomic E-state index is 0.212. The normalized spacial score (nSPS) is 15.3. The summed E-state index contributed by atoms with van der Waals surface area (Å²) in [7, 11) is -0.375. The number of likely N-dealkylation sites (tertiary alicyclic amines) is 1. The third kappa shape index (κ3) is 10.7. The number of hydrogen-bond donors (Lipinski definition) is 2. The molecular weight excluding hydrogens is 661 g/mol. The molecule has 0 bridgehead atoms. The molecule has 3 N–H and O–H groups in total. The molecule has 0 aliphatic carbocycles. The van der Waals surface area contributed by atoms with Gasteiger partial charge in [0.15, 0.2) is 11.4 Å². The fourth-order valence-electron chi connectivity index (χ4n) is 6.55. The van der Waals surface area contributed by atoms with Crippen molar-refractivity contribution in [2.24, 2.45) is 0 Å². The highest BCUT2D eigenvalue weighted by atomic mass is 16.5. The Morgan fingerprint density at radius 2 is 1.04 bits per heavy atom. The zero-order valence-corrected chi connectivity index (χ0v) is 30.0. The van der Waals surface area contributed by atoms with E-state index in [0.29, 0.717) is 17.3 Å². The van der Waals surface area contributed by atoms with Crippen LogP contribution in [-0.2, 0) is 6.54 Å². The Morgan fingerprint density at radius 3 is 1.42 bits per heavy atom. The van der Waals surface area contributed by atoms with E-state index in [1.165, 1.54) is 0 Å². The Bertz CT molecular complexity index is 1960. The van der Waals surface area contributed by atoms with Gasteiger partial charge in [-0.1, -0.05) is 72.8 Å². The highest BCUT2D eigenvalue weighted by Gasteiger charge is 2.25. The number of ether oxygens (including phenoxy) is 2. The standard InChI is InChI=1S/C23H23N5O.C19H21BN2O2/c1-25-20-6-2-18(3-7-20)19-4-8-21(9-5-19)29-22-10-12-28(13-11-22)16-17-14-26-23(24)27-15-17;1-20(23)22-13-11-19(12-14-22)24-18-9-5-16(6-10-18)15-3-7-17(21-2)8-4-15/h2-9,14-15,22H,10-13,16H2,(H2,24,26,27);3-10,19,23H,11-14H2,1H3. The van der Waals surface area contributed by atoms with Crippen molar-refractivity contribution in [1.82, 2.24) is 19.7 Å². The Kier molecular flexibility index (Phi) is 12.7. The molecule has 0 radical (unpaired) electrons. The maximum Gasteiger partial charge on any atom is 0.376 e. The van der Waals surface area contributed by atoms with Crippen LogP contribution < -0.4 is 15.2 Å². The van der Waals surface area contributed by atoms with Gasteiger partial charge in [0.05, 0.1) is 13.1 Å². The minimum atomic E-state index is -0.375. The average molecular weight is 706 g/mol. The summed E-state index contributed by atoms with van der Waals surface area (Å²) in [6.45, 7) is 20.4. The molecule has 5 aromatic rings. The molecule has 2 fully saturated rings. The number of anilines is 1. The van der Waals surface area contributed by atoms with Crippen LogP contribution in [-0.4, -0.2) is 70.1 Å². The van der Waals surface area contributed by atoms with Gasteiger partial charge in [-0.2, -0.15) is 0 Å². The zero-order chi connectivity index (χ0) is 37.0. The summed E-state index contributed by atoms with van der Waals surface area (Å²) in [5, 5.41) is 9.59. The molecule has 0 amide bonds. The van der Waals surface area contributed by atoms with Gasteiger partial charge in [-0.15, -0.1) is 0 Å². The molecular formula is C42H44BN7O3. The monoisotopic (exact) mass is 705 g/mol. The minimum Gasteiger partial charge on any atom is -0.490 e. The van der Waals surface area contributed by atoms with Gasteiger partial charge >= 0.3 is 7.05 Å². The van der Waals surface area contributed by atoms with Crippen molar-refractivity contribution in [3.63, 3.8) is 0 Å². The van der Waals surface area contributed by atoms with Crippen LogP contribution in [0.15, 0.2) is 109 Å². The van der Waals surface area contributed by atoms with E-state index in [-0.39, 0.29) is 19.3 Å². The Balaban J connectivity index is 0.000000185. The maximum absolute atomic E-state index is 9.59. The van der Waals surface area contributed by atoms with Crippen molar-refractivity contribution in [2.75, 3.05) is 31.9 Å². The molecule has 7 rings (SSSR count). The molecule has 53 heavy (non-hydrogen) atoms. The van der Waals surface area contributed by atoms with Crippen molar-refractivity contribution in [1.29, 1.82) is 0 Å². The smallest absolute Gasteiger partial charge is 0.376 e. The van der Waals surface area contributed by atoms with E-state index in [4.69, 9.17) is 28.4 Å². The van der Waals surface area contributed by atoms with Crippen molar-refractivity contribution in [2.45, 2.75) is 51.3 Å². The molecule has 0 saturated carbocycles. The molecule has 2 saturated heterocycles. The number of aromatic nitrogens is 2. The summed E-state index contributed by atoms with van der Waals surface area (Å²) >= 11 is 0. The summed E-state index contributed by atoms with van der Waals surface area (Å²) < 4.78 is 12.3. The lowest BCUT2D eigenvalue weighted by molar-refractivity contribution is 0.0967. The first-order chi connectivity index (χ1) is 25.8. The van der Waals surface area contributed by atoms with E-state index in [0.717, 1.165) is 97.7 Å². The van der Waals surface area contributed by atoms with Crippen LogP contribution in [0, 0.1) is 13.1 Å². The number of benzene rings is 4. The predicted molar refractivity (Wildman–Crippen MR) is 211 cm³/mol. The van der Waals surface area contributed by atoms with E-state index in [2.05, 4.69) is 41.5 Å². The van der Waals surface area contributed by atoms with Crippen LogP contribution in [0.5, 0.6) is 11.5 Å². The zero-order valence-electron chi connectivity index (χ0n) is 30.0. The van der Waals surface area contributed by atoms with Crippen molar-refractivity contribution < 1.29 is 14.5 Å². The number of nitrogen functional groups attached to an aromatic ring is 1. The van der Waals surface area contributed by atoms with E-state index in [9.17, 15) is 5.02 Å². The third-order valence-electron chi connectivity index (χ3n) is 9.64. The molecule has 0 spiro atoms.